The number of carbonyl (C=O) groups is 1. The minimum Gasteiger partial charge on any atom is -0.481 e. The summed E-state index contributed by atoms with van der Waals surface area (Å²) < 4.78 is 6.73. The number of anilines is 1. The van der Waals surface area contributed by atoms with Gasteiger partial charge in [0.2, 0.25) is 0 Å². The predicted molar refractivity (Wildman–Crippen MR) is 88.7 cm³/mol. The van der Waals surface area contributed by atoms with Crippen molar-refractivity contribution in [3.05, 3.63) is 58.6 Å². The van der Waals surface area contributed by atoms with E-state index in [-0.39, 0.29) is 5.91 Å². The third-order valence-electron chi connectivity index (χ3n) is 3.13. The smallest absolute Gasteiger partial charge is 0.265 e. The Hall–Kier alpha value is -1.81. The summed E-state index contributed by atoms with van der Waals surface area (Å²) in [6.07, 6.45) is 0.103. The van der Waals surface area contributed by atoms with Gasteiger partial charge in [-0.25, -0.2) is 0 Å². The van der Waals surface area contributed by atoms with Gasteiger partial charge in [0, 0.05) is 10.2 Å². The lowest BCUT2D eigenvalue weighted by Gasteiger charge is -2.18. The SMILES string of the molecule is CCC(Oc1ccccc1)C(=O)Nc1ccc(Br)cc1C. The van der Waals surface area contributed by atoms with Crippen LogP contribution in [0.2, 0.25) is 0 Å². The fourth-order valence-corrected chi connectivity index (χ4v) is 2.44. The molecule has 1 atom stereocenters. The van der Waals surface area contributed by atoms with E-state index in [2.05, 4.69) is 21.2 Å². The van der Waals surface area contributed by atoms with Gasteiger partial charge in [0.05, 0.1) is 0 Å². The summed E-state index contributed by atoms with van der Waals surface area (Å²) in [5.74, 6) is 0.568. The second kappa shape index (κ2) is 7.27. The first-order valence-corrected chi connectivity index (χ1v) is 7.68. The van der Waals surface area contributed by atoms with Crippen molar-refractivity contribution in [2.45, 2.75) is 26.4 Å². The number of ether oxygens (including phenoxy) is 1. The summed E-state index contributed by atoms with van der Waals surface area (Å²) in [6, 6.07) is 15.1. The number of rotatable bonds is 5. The highest BCUT2D eigenvalue weighted by Crippen LogP contribution is 2.21. The van der Waals surface area contributed by atoms with Crippen LogP contribution in [0.1, 0.15) is 18.9 Å². The molecule has 1 amide bonds. The molecule has 0 aliphatic heterocycles. The molecular weight excluding hydrogens is 330 g/mol. The van der Waals surface area contributed by atoms with E-state index in [1.54, 1.807) is 0 Å². The van der Waals surface area contributed by atoms with Gasteiger partial charge < -0.3 is 10.1 Å². The third kappa shape index (κ3) is 4.33. The summed E-state index contributed by atoms with van der Waals surface area (Å²) in [4.78, 5) is 12.3. The van der Waals surface area contributed by atoms with Crippen LogP contribution in [0.5, 0.6) is 5.75 Å². The highest BCUT2D eigenvalue weighted by Gasteiger charge is 2.19. The molecule has 0 aliphatic rings. The standard InChI is InChI=1S/C17H18BrNO2/c1-3-16(21-14-7-5-4-6-8-14)17(20)19-15-10-9-13(18)11-12(15)2/h4-11,16H,3H2,1-2H3,(H,19,20). The largest absolute Gasteiger partial charge is 0.481 e. The zero-order valence-corrected chi connectivity index (χ0v) is 13.7. The normalized spacial score (nSPS) is 11.8. The van der Waals surface area contributed by atoms with E-state index in [0.29, 0.717) is 12.2 Å². The van der Waals surface area contributed by atoms with Gasteiger partial charge in [0.1, 0.15) is 5.75 Å². The number of carbonyl (C=O) groups excluding carboxylic acids is 1. The quantitative estimate of drug-likeness (QED) is 0.861. The lowest BCUT2D eigenvalue weighted by molar-refractivity contribution is -0.122. The van der Waals surface area contributed by atoms with Crippen molar-refractivity contribution in [3.8, 4) is 5.75 Å². The monoisotopic (exact) mass is 347 g/mol. The molecule has 4 heteroatoms. The first kappa shape index (κ1) is 15.6. The number of benzene rings is 2. The van der Waals surface area contributed by atoms with E-state index in [0.717, 1.165) is 15.7 Å². The van der Waals surface area contributed by atoms with Crippen molar-refractivity contribution >= 4 is 27.5 Å². The molecule has 0 saturated carbocycles. The summed E-state index contributed by atoms with van der Waals surface area (Å²) in [6.45, 7) is 3.89. The van der Waals surface area contributed by atoms with Crippen molar-refractivity contribution in [2.75, 3.05) is 5.32 Å². The molecule has 0 fully saturated rings. The first-order chi connectivity index (χ1) is 10.1. The number of aryl methyl sites for hydroxylation is 1. The van der Waals surface area contributed by atoms with E-state index in [4.69, 9.17) is 4.74 Å². The lowest BCUT2D eigenvalue weighted by Crippen LogP contribution is -2.32. The molecule has 21 heavy (non-hydrogen) atoms. The van der Waals surface area contributed by atoms with Gasteiger partial charge in [0.15, 0.2) is 6.10 Å². The molecule has 0 radical (unpaired) electrons. The molecule has 0 aliphatic carbocycles. The highest BCUT2D eigenvalue weighted by molar-refractivity contribution is 9.10. The van der Waals surface area contributed by atoms with Gasteiger partial charge in [-0.1, -0.05) is 41.1 Å². The number of hydrogen-bond donors (Lipinski definition) is 1. The van der Waals surface area contributed by atoms with Crippen molar-refractivity contribution in [1.29, 1.82) is 0 Å². The van der Waals surface area contributed by atoms with E-state index in [1.807, 2.05) is 62.4 Å². The Morgan fingerprint density at radius 1 is 1.24 bits per heavy atom. The fraction of sp³-hybridized carbons (Fsp3) is 0.235. The van der Waals surface area contributed by atoms with Crippen LogP contribution in [-0.2, 0) is 4.79 Å². The Bertz CT molecular complexity index is 613. The highest BCUT2D eigenvalue weighted by atomic mass is 79.9. The van der Waals surface area contributed by atoms with Crippen LogP contribution in [0.25, 0.3) is 0 Å². The van der Waals surface area contributed by atoms with Crippen LogP contribution in [0.4, 0.5) is 5.69 Å². The number of hydrogen-bond acceptors (Lipinski definition) is 2. The summed E-state index contributed by atoms with van der Waals surface area (Å²) >= 11 is 3.41. The minimum atomic E-state index is -0.504. The Labute approximate surface area is 133 Å². The molecule has 0 saturated heterocycles. The zero-order valence-electron chi connectivity index (χ0n) is 12.1. The Balaban J connectivity index is 2.06. The van der Waals surface area contributed by atoms with Gasteiger partial charge >= 0.3 is 0 Å². The van der Waals surface area contributed by atoms with Gasteiger partial charge in [-0.3, -0.25) is 4.79 Å². The summed E-state index contributed by atoms with van der Waals surface area (Å²) in [7, 11) is 0. The summed E-state index contributed by atoms with van der Waals surface area (Å²) in [5, 5.41) is 2.92. The molecule has 0 spiro atoms. The average molecular weight is 348 g/mol. The van der Waals surface area contributed by atoms with Gasteiger partial charge in [-0.15, -0.1) is 0 Å². The topological polar surface area (TPSA) is 38.3 Å². The number of amides is 1. The maximum atomic E-state index is 12.3. The van der Waals surface area contributed by atoms with Crippen molar-refractivity contribution in [3.63, 3.8) is 0 Å². The average Bonchev–Trinajstić information content (AvgIpc) is 2.48. The van der Waals surface area contributed by atoms with E-state index in [9.17, 15) is 4.79 Å². The third-order valence-corrected chi connectivity index (χ3v) is 3.62. The lowest BCUT2D eigenvalue weighted by atomic mass is 10.2. The molecule has 0 heterocycles. The van der Waals surface area contributed by atoms with Crippen LogP contribution < -0.4 is 10.1 Å². The maximum Gasteiger partial charge on any atom is 0.265 e. The molecule has 0 bridgehead atoms. The molecule has 2 aromatic rings. The van der Waals surface area contributed by atoms with E-state index >= 15 is 0 Å². The molecule has 2 aromatic carbocycles. The van der Waals surface area contributed by atoms with Crippen LogP contribution >= 0.6 is 15.9 Å². The summed E-state index contributed by atoms with van der Waals surface area (Å²) in [5.41, 5.74) is 1.81. The molecule has 3 nitrogen and oxygen atoms in total. The Morgan fingerprint density at radius 2 is 1.95 bits per heavy atom. The van der Waals surface area contributed by atoms with Gasteiger partial charge in [0.25, 0.3) is 5.91 Å². The molecule has 1 unspecified atom stereocenters. The van der Waals surface area contributed by atoms with Crippen LogP contribution in [-0.4, -0.2) is 12.0 Å². The van der Waals surface area contributed by atoms with Crippen molar-refractivity contribution in [2.24, 2.45) is 0 Å². The number of para-hydroxylation sites is 1. The van der Waals surface area contributed by atoms with Crippen molar-refractivity contribution < 1.29 is 9.53 Å². The Kier molecular flexibility index (Phi) is 5.39. The first-order valence-electron chi connectivity index (χ1n) is 6.89. The molecular formula is C17H18BrNO2. The maximum absolute atomic E-state index is 12.3. The predicted octanol–water partition coefficient (Wildman–Crippen LogP) is 4.55. The molecule has 110 valence electrons. The minimum absolute atomic E-state index is 0.133. The Morgan fingerprint density at radius 3 is 2.57 bits per heavy atom. The van der Waals surface area contributed by atoms with E-state index < -0.39 is 6.10 Å². The fourth-order valence-electron chi connectivity index (χ4n) is 1.97. The second-order valence-corrected chi connectivity index (χ2v) is 5.69. The number of halogens is 1. The van der Waals surface area contributed by atoms with Gasteiger partial charge in [-0.2, -0.15) is 0 Å². The van der Waals surface area contributed by atoms with Crippen LogP contribution in [0.15, 0.2) is 53.0 Å². The second-order valence-electron chi connectivity index (χ2n) is 4.78. The van der Waals surface area contributed by atoms with E-state index in [1.165, 1.54) is 0 Å². The molecule has 2 rings (SSSR count). The van der Waals surface area contributed by atoms with Crippen LogP contribution in [0.3, 0.4) is 0 Å². The molecule has 1 N–H and O–H groups in total. The van der Waals surface area contributed by atoms with Gasteiger partial charge in [-0.05, 0) is 49.2 Å². The van der Waals surface area contributed by atoms with Crippen LogP contribution in [0, 0.1) is 6.92 Å². The van der Waals surface area contributed by atoms with Crippen molar-refractivity contribution in [1.82, 2.24) is 0 Å². The zero-order chi connectivity index (χ0) is 15.2. The number of nitrogens with one attached hydrogen (secondary N) is 1. The molecule has 0 aromatic heterocycles.